The normalized spacial score (nSPS) is 14.6. The maximum absolute atomic E-state index is 12.0. The third-order valence-corrected chi connectivity index (χ3v) is 3.13. The number of aryl methyl sites for hydroxylation is 1. The summed E-state index contributed by atoms with van der Waals surface area (Å²) in [5.41, 5.74) is 1.27. The van der Waals surface area contributed by atoms with E-state index in [1.54, 1.807) is 17.9 Å². The van der Waals surface area contributed by atoms with Crippen LogP contribution in [0.25, 0.3) is 0 Å². The molecule has 0 radical (unpaired) electrons. The van der Waals surface area contributed by atoms with E-state index >= 15 is 0 Å². The number of nitrogens with zero attached hydrogens (tertiary/aromatic N) is 3. The van der Waals surface area contributed by atoms with Crippen molar-refractivity contribution in [3.8, 4) is 6.07 Å². The summed E-state index contributed by atoms with van der Waals surface area (Å²) in [4.78, 5) is 28.2. The minimum atomic E-state index is -0.843. The Balaban J connectivity index is 2.01. The first-order valence-corrected chi connectivity index (χ1v) is 5.90. The van der Waals surface area contributed by atoms with Crippen molar-refractivity contribution >= 4 is 11.9 Å². The zero-order valence-corrected chi connectivity index (χ0v) is 10.5. The number of pyridine rings is 1. The molecule has 98 valence electrons. The first kappa shape index (κ1) is 13.0. The highest BCUT2D eigenvalue weighted by Crippen LogP contribution is 2.21. The largest absolute Gasteiger partial charge is 0.481 e. The molecular formula is C13H13N3O3. The molecule has 0 aliphatic carbocycles. The van der Waals surface area contributed by atoms with Crippen LogP contribution in [0, 0.1) is 24.2 Å². The van der Waals surface area contributed by atoms with Gasteiger partial charge in [0.25, 0.3) is 5.91 Å². The lowest BCUT2D eigenvalue weighted by Gasteiger charge is -2.38. The van der Waals surface area contributed by atoms with Gasteiger partial charge in [-0.2, -0.15) is 5.26 Å². The molecule has 0 bridgehead atoms. The van der Waals surface area contributed by atoms with Crippen molar-refractivity contribution in [2.24, 2.45) is 5.92 Å². The van der Waals surface area contributed by atoms with Gasteiger partial charge in [-0.1, -0.05) is 0 Å². The van der Waals surface area contributed by atoms with E-state index in [2.05, 4.69) is 4.98 Å². The molecule has 19 heavy (non-hydrogen) atoms. The summed E-state index contributed by atoms with van der Waals surface area (Å²) in [5, 5.41) is 17.4. The van der Waals surface area contributed by atoms with Crippen molar-refractivity contribution in [1.29, 1.82) is 5.26 Å². The number of carbonyl (C=O) groups excluding carboxylic acids is 1. The second kappa shape index (κ2) is 5.06. The van der Waals surface area contributed by atoms with Gasteiger partial charge in [0.15, 0.2) is 0 Å². The fourth-order valence-electron chi connectivity index (χ4n) is 2.07. The highest BCUT2D eigenvalue weighted by molar-refractivity contribution is 5.93. The van der Waals surface area contributed by atoms with Gasteiger partial charge in [0.2, 0.25) is 0 Å². The van der Waals surface area contributed by atoms with Crippen LogP contribution < -0.4 is 0 Å². The predicted molar refractivity (Wildman–Crippen MR) is 65.3 cm³/mol. The van der Waals surface area contributed by atoms with E-state index in [0.29, 0.717) is 30.0 Å². The van der Waals surface area contributed by atoms with Crippen LogP contribution in [0.5, 0.6) is 0 Å². The Bertz CT molecular complexity index is 571. The minimum absolute atomic E-state index is 0.0286. The molecule has 1 aliphatic heterocycles. The van der Waals surface area contributed by atoms with Gasteiger partial charge in [-0.25, -0.2) is 4.98 Å². The van der Waals surface area contributed by atoms with Crippen LogP contribution in [0.1, 0.15) is 28.2 Å². The Morgan fingerprint density at radius 2 is 2.21 bits per heavy atom. The second-order valence-electron chi connectivity index (χ2n) is 4.62. The van der Waals surface area contributed by atoms with Crippen molar-refractivity contribution in [3.05, 3.63) is 29.1 Å². The number of amides is 1. The molecule has 1 aliphatic rings. The Morgan fingerprint density at radius 1 is 1.53 bits per heavy atom. The lowest BCUT2D eigenvalue weighted by Crippen LogP contribution is -2.50. The lowest BCUT2D eigenvalue weighted by atomic mass is 9.96. The number of aliphatic carboxylic acids is 1. The van der Waals surface area contributed by atoms with E-state index in [9.17, 15) is 9.59 Å². The average molecular weight is 259 g/mol. The summed E-state index contributed by atoms with van der Waals surface area (Å²) in [7, 11) is 0. The van der Waals surface area contributed by atoms with E-state index in [0.717, 1.165) is 0 Å². The molecule has 6 heteroatoms. The van der Waals surface area contributed by atoms with Crippen LogP contribution in [0.2, 0.25) is 0 Å². The molecule has 0 aromatic carbocycles. The number of carbonyl (C=O) groups is 2. The summed E-state index contributed by atoms with van der Waals surface area (Å²) in [6.07, 6.45) is 0.0869. The van der Waals surface area contributed by atoms with Crippen molar-refractivity contribution in [1.82, 2.24) is 9.88 Å². The molecule has 1 aromatic heterocycles. The SMILES string of the molecule is Cc1nc(C(=O)N2CC(CC(=O)O)C2)ccc1C#N. The Hall–Kier alpha value is -2.42. The van der Waals surface area contributed by atoms with E-state index < -0.39 is 5.97 Å². The van der Waals surface area contributed by atoms with Gasteiger partial charge in [-0.15, -0.1) is 0 Å². The summed E-state index contributed by atoms with van der Waals surface area (Å²) >= 11 is 0. The minimum Gasteiger partial charge on any atom is -0.481 e. The summed E-state index contributed by atoms with van der Waals surface area (Å²) in [5.74, 6) is -1.03. The first-order valence-electron chi connectivity index (χ1n) is 5.90. The van der Waals surface area contributed by atoms with E-state index in [1.807, 2.05) is 6.07 Å². The van der Waals surface area contributed by atoms with Gasteiger partial charge < -0.3 is 10.0 Å². The number of carboxylic acids is 1. The number of nitriles is 1. The number of hydrogen-bond donors (Lipinski definition) is 1. The standard InChI is InChI=1S/C13H13N3O3/c1-8-10(5-14)2-3-11(15-8)13(19)16-6-9(7-16)4-12(17)18/h2-3,9H,4,6-7H2,1H3,(H,17,18). The van der Waals surface area contributed by atoms with Gasteiger partial charge in [0, 0.05) is 19.0 Å². The number of aromatic nitrogens is 1. The van der Waals surface area contributed by atoms with Crippen LogP contribution in [0.4, 0.5) is 0 Å². The van der Waals surface area contributed by atoms with Gasteiger partial charge in [-0.05, 0) is 19.1 Å². The van der Waals surface area contributed by atoms with Gasteiger partial charge in [-0.3, -0.25) is 9.59 Å². The summed E-state index contributed by atoms with van der Waals surface area (Å²) < 4.78 is 0. The molecule has 2 rings (SSSR count). The van der Waals surface area contributed by atoms with Crippen molar-refractivity contribution in [2.75, 3.05) is 13.1 Å². The zero-order chi connectivity index (χ0) is 14.0. The summed E-state index contributed by atoms with van der Waals surface area (Å²) in [6.45, 7) is 2.58. The number of carboxylic acid groups (broad SMARTS) is 1. The van der Waals surface area contributed by atoms with Crippen LogP contribution >= 0.6 is 0 Å². The molecule has 1 saturated heterocycles. The lowest BCUT2D eigenvalue weighted by molar-refractivity contribution is -0.139. The quantitative estimate of drug-likeness (QED) is 0.866. The number of rotatable bonds is 3. The van der Waals surface area contributed by atoms with Crippen molar-refractivity contribution < 1.29 is 14.7 Å². The maximum atomic E-state index is 12.0. The fourth-order valence-corrected chi connectivity index (χ4v) is 2.07. The second-order valence-corrected chi connectivity index (χ2v) is 4.62. The van der Waals surface area contributed by atoms with Crippen molar-refractivity contribution in [3.63, 3.8) is 0 Å². The molecule has 0 unspecified atom stereocenters. The molecule has 0 atom stereocenters. The molecule has 0 spiro atoms. The van der Waals surface area contributed by atoms with Crippen LogP contribution in [0.3, 0.4) is 0 Å². The van der Waals surface area contributed by atoms with Gasteiger partial charge >= 0.3 is 5.97 Å². The Labute approximate surface area is 110 Å². The number of hydrogen-bond acceptors (Lipinski definition) is 4. The third kappa shape index (κ3) is 2.71. The van der Waals surface area contributed by atoms with Crippen LogP contribution in [-0.4, -0.2) is 40.0 Å². The van der Waals surface area contributed by atoms with Gasteiger partial charge in [0.1, 0.15) is 11.8 Å². The van der Waals surface area contributed by atoms with Gasteiger partial charge in [0.05, 0.1) is 17.7 Å². The topological polar surface area (TPSA) is 94.3 Å². The average Bonchev–Trinajstić information content (AvgIpc) is 2.32. The number of likely N-dealkylation sites (tertiary alicyclic amines) is 1. The smallest absolute Gasteiger partial charge is 0.303 e. The van der Waals surface area contributed by atoms with Crippen LogP contribution in [-0.2, 0) is 4.79 Å². The zero-order valence-electron chi connectivity index (χ0n) is 10.5. The third-order valence-electron chi connectivity index (χ3n) is 3.13. The molecule has 0 saturated carbocycles. The molecule has 1 N–H and O–H groups in total. The maximum Gasteiger partial charge on any atom is 0.303 e. The molecule has 1 fully saturated rings. The first-order chi connectivity index (χ1) is 9.01. The fraction of sp³-hybridized carbons (Fsp3) is 0.385. The van der Waals surface area contributed by atoms with E-state index in [4.69, 9.17) is 10.4 Å². The Kier molecular flexibility index (Phi) is 3.47. The molecule has 6 nitrogen and oxygen atoms in total. The molecule has 1 aromatic rings. The highest BCUT2D eigenvalue weighted by Gasteiger charge is 2.33. The van der Waals surface area contributed by atoms with Crippen LogP contribution in [0.15, 0.2) is 12.1 Å². The Morgan fingerprint density at radius 3 is 2.74 bits per heavy atom. The molecule has 2 heterocycles. The molecule has 1 amide bonds. The highest BCUT2D eigenvalue weighted by atomic mass is 16.4. The predicted octanol–water partition coefficient (Wildman–Crippen LogP) is 0.808. The van der Waals surface area contributed by atoms with Crippen molar-refractivity contribution in [2.45, 2.75) is 13.3 Å². The van der Waals surface area contributed by atoms with E-state index in [1.165, 1.54) is 6.07 Å². The monoisotopic (exact) mass is 259 g/mol. The summed E-state index contributed by atoms with van der Waals surface area (Å²) in [6, 6.07) is 5.09. The van der Waals surface area contributed by atoms with E-state index in [-0.39, 0.29) is 18.2 Å². The molecular weight excluding hydrogens is 246 g/mol.